The molecular formula is C16H21N3O2. The molecule has 0 bridgehead atoms. The summed E-state index contributed by atoms with van der Waals surface area (Å²) in [6.45, 7) is 7.30. The van der Waals surface area contributed by atoms with E-state index in [4.69, 9.17) is 4.74 Å². The minimum absolute atomic E-state index is 0.293. The van der Waals surface area contributed by atoms with E-state index < -0.39 is 0 Å². The van der Waals surface area contributed by atoms with Crippen molar-refractivity contribution in [3.8, 4) is 5.75 Å². The van der Waals surface area contributed by atoms with Gasteiger partial charge in [0.1, 0.15) is 18.1 Å². The quantitative estimate of drug-likeness (QED) is 0.735. The van der Waals surface area contributed by atoms with Crippen molar-refractivity contribution in [2.45, 2.75) is 40.3 Å². The van der Waals surface area contributed by atoms with Gasteiger partial charge in [0, 0.05) is 6.54 Å². The van der Waals surface area contributed by atoms with Crippen LogP contribution in [0.3, 0.4) is 0 Å². The lowest BCUT2D eigenvalue weighted by Crippen LogP contribution is -2.12. The second-order valence-electron chi connectivity index (χ2n) is 5.40. The van der Waals surface area contributed by atoms with Crippen LogP contribution in [0.25, 0.3) is 0 Å². The van der Waals surface area contributed by atoms with E-state index >= 15 is 0 Å². The number of ether oxygens (including phenoxy) is 1. The third kappa shape index (κ3) is 3.90. The molecule has 0 spiro atoms. The van der Waals surface area contributed by atoms with Crippen molar-refractivity contribution < 1.29 is 9.53 Å². The minimum atomic E-state index is 0.293. The fourth-order valence-electron chi connectivity index (χ4n) is 2.09. The Morgan fingerprint density at radius 2 is 2.19 bits per heavy atom. The van der Waals surface area contributed by atoms with E-state index in [9.17, 15) is 4.79 Å². The van der Waals surface area contributed by atoms with Crippen molar-refractivity contribution in [2.75, 3.05) is 0 Å². The number of carbonyl (C=O) groups excluding carboxylic acids is 1. The molecule has 2 rings (SSSR count). The van der Waals surface area contributed by atoms with Crippen molar-refractivity contribution in [1.29, 1.82) is 0 Å². The Kier molecular flexibility index (Phi) is 5.09. The summed E-state index contributed by atoms with van der Waals surface area (Å²) in [5.74, 6) is 1.22. The topological polar surface area (TPSA) is 57.0 Å². The van der Waals surface area contributed by atoms with Gasteiger partial charge in [0.2, 0.25) is 0 Å². The normalized spacial score (nSPS) is 10.9. The van der Waals surface area contributed by atoms with Crippen LogP contribution in [0.2, 0.25) is 0 Å². The lowest BCUT2D eigenvalue weighted by molar-refractivity contribution is 0.111. The third-order valence-electron chi connectivity index (χ3n) is 3.20. The minimum Gasteiger partial charge on any atom is -0.487 e. The highest BCUT2D eigenvalue weighted by atomic mass is 16.5. The molecule has 5 heteroatoms. The van der Waals surface area contributed by atoms with Gasteiger partial charge in [-0.05, 0) is 30.0 Å². The maximum Gasteiger partial charge on any atom is 0.172 e. The largest absolute Gasteiger partial charge is 0.487 e. The molecule has 0 saturated heterocycles. The van der Waals surface area contributed by atoms with Gasteiger partial charge in [-0.3, -0.25) is 4.79 Å². The van der Waals surface area contributed by atoms with Crippen molar-refractivity contribution in [2.24, 2.45) is 5.92 Å². The maximum absolute atomic E-state index is 11.1. The van der Waals surface area contributed by atoms with Gasteiger partial charge < -0.3 is 4.74 Å². The molecule has 0 N–H and O–H groups in total. The van der Waals surface area contributed by atoms with E-state index in [0.29, 0.717) is 24.8 Å². The number of aromatic nitrogens is 3. The molecule has 0 fully saturated rings. The van der Waals surface area contributed by atoms with Crippen LogP contribution in [-0.4, -0.2) is 21.3 Å². The monoisotopic (exact) mass is 287 g/mol. The molecule has 5 nitrogen and oxygen atoms in total. The second kappa shape index (κ2) is 7.02. The molecule has 21 heavy (non-hydrogen) atoms. The summed E-state index contributed by atoms with van der Waals surface area (Å²) in [6, 6.07) is 7.96. The van der Waals surface area contributed by atoms with Crippen molar-refractivity contribution in [3.63, 3.8) is 0 Å². The number of rotatable bonds is 7. The van der Waals surface area contributed by atoms with Crippen molar-refractivity contribution >= 4 is 6.29 Å². The zero-order valence-corrected chi connectivity index (χ0v) is 12.7. The zero-order valence-electron chi connectivity index (χ0n) is 12.7. The summed E-state index contributed by atoms with van der Waals surface area (Å²) in [7, 11) is 0. The molecule has 0 unspecified atom stereocenters. The highest BCUT2D eigenvalue weighted by molar-refractivity contribution is 5.73. The van der Waals surface area contributed by atoms with E-state index in [1.165, 1.54) is 5.56 Å². The number of hydrogen-bond donors (Lipinski definition) is 0. The lowest BCUT2D eigenvalue weighted by Gasteiger charge is -2.11. The van der Waals surface area contributed by atoms with E-state index in [0.717, 1.165) is 24.2 Å². The molecular weight excluding hydrogens is 266 g/mol. The van der Waals surface area contributed by atoms with Crippen LogP contribution in [0.5, 0.6) is 5.75 Å². The van der Waals surface area contributed by atoms with Crippen LogP contribution in [0.1, 0.15) is 42.5 Å². The number of nitrogens with zero attached hydrogens (tertiary/aromatic N) is 3. The number of hydrogen-bond acceptors (Lipinski definition) is 4. The standard InChI is InChI=1S/C16H21N3O2/c1-4-13-6-5-7-14(8-13)21-11-16-15(10-20)17-18-19(16)9-12(2)3/h5-8,10,12H,4,9,11H2,1-3H3. The zero-order chi connectivity index (χ0) is 15.2. The summed E-state index contributed by atoms with van der Waals surface area (Å²) >= 11 is 0. The van der Waals surface area contributed by atoms with E-state index in [-0.39, 0.29) is 0 Å². The molecule has 0 aliphatic heterocycles. The molecule has 0 atom stereocenters. The Bertz CT molecular complexity index is 605. The molecule has 2 aromatic rings. The Labute approximate surface area is 124 Å². The lowest BCUT2D eigenvalue weighted by atomic mass is 10.2. The van der Waals surface area contributed by atoms with E-state index in [1.807, 2.05) is 18.2 Å². The summed E-state index contributed by atoms with van der Waals surface area (Å²) in [4.78, 5) is 11.1. The van der Waals surface area contributed by atoms with Crippen molar-refractivity contribution in [3.05, 3.63) is 41.2 Å². The predicted molar refractivity (Wildman–Crippen MR) is 80.4 cm³/mol. The van der Waals surface area contributed by atoms with Gasteiger partial charge in [-0.2, -0.15) is 0 Å². The van der Waals surface area contributed by atoms with Crippen molar-refractivity contribution in [1.82, 2.24) is 15.0 Å². The van der Waals surface area contributed by atoms with Crippen LogP contribution >= 0.6 is 0 Å². The second-order valence-corrected chi connectivity index (χ2v) is 5.40. The van der Waals surface area contributed by atoms with Gasteiger partial charge in [-0.25, -0.2) is 4.68 Å². The van der Waals surface area contributed by atoms with Gasteiger partial charge in [-0.15, -0.1) is 5.10 Å². The van der Waals surface area contributed by atoms with Crippen LogP contribution in [0, 0.1) is 5.92 Å². The SMILES string of the molecule is CCc1cccc(OCc2c(C=O)nnn2CC(C)C)c1. The van der Waals surface area contributed by atoms with E-state index in [2.05, 4.69) is 37.1 Å². The number of aryl methyl sites for hydroxylation is 1. The fraction of sp³-hybridized carbons (Fsp3) is 0.438. The van der Waals surface area contributed by atoms with Crippen LogP contribution < -0.4 is 4.74 Å². The first kappa shape index (κ1) is 15.2. The Hall–Kier alpha value is -2.17. The van der Waals surface area contributed by atoms with Gasteiger partial charge in [-0.1, -0.05) is 38.1 Å². The predicted octanol–water partition coefficient (Wildman–Crippen LogP) is 2.89. The van der Waals surface area contributed by atoms with Crippen LogP contribution in [-0.2, 0) is 19.6 Å². The highest BCUT2D eigenvalue weighted by Crippen LogP contribution is 2.16. The molecule has 0 aliphatic carbocycles. The molecule has 112 valence electrons. The molecule has 0 saturated carbocycles. The molecule has 0 radical (unpaired) electrons. The molecule has 1 heterocycles. The maximum atomic E-state index is 11.1. The van der Waals surface area contributed by atoms with Gasteiger partial charge in [0.15, 0.2) is 12.0 Å². The average molecular weight is 287 g/mol. The molecule has 1 aromatic heterocycles. The Morgan fingerprint density at radius 3 is 2.86 bits per heavy atom. The highest BCUT2D eigenvalue weighted by Gasteiger charge is 2.14. The molecule has 0 amide bonds. The number of carbonyl (C=O) groups is 1. The van der Waals surface area contributed by atoms with Gasteiger partial charge in [0.25, 0.3) is 0 Å². The fourth-order valence-corrected chi connectivity index (χ4v) is 2.09. The Morgan fingerprint density at radius 1 is 1.38 bits per heavy atom. The first-order chi connectivity index (χ1) is 10.1. The number of benzene rings is 1. The third-order valence-corrected chi connectivity index (χ3v) is 3.20. The van der Waals surface area contributed by atoms with Gasteiger partial charge in [0.05, 0.1) is 0 Å². The van der Waals surface area contributed by atoms with Gasteiger partial charge >= 0.3 is 0 Å². The smallest absolute Gasteiger partial charge is 0.172 e. The summed E-state index contributed by atoms with van der Waals surface area (Å²) in [5.41, 5.74) is 2.29. The molecule has 1 aromatic carbocycles. The first-order valence-corrected chi connectivity index (χ1v) is 7.23. The Balaban J connectivity index is 2.14. The number of aldehydes is 1. The average Bonchev–Trinajstić information content (AvgIpc) is 2.86. The van der Waals surface area contributed by atoms with E-state index in [1.54, 1.807) is 4.68 Å². The van der Waals surface area contributed by atoms with Crippen LogP contribution in [0.4, 0.5) is 0 Å². The summed E-state index contributed by atoms with van der Waals surface area (Å²) in [6.07, 6.45) is 1.69. The summed E-state index contributed by atoms with van der Waals surface area (Å²) < 4.78 is 7.55. The summed E-state index contributed by atoms with van der Waals surface area (Å²) in [5, 5.41) is 7.93. The van der Waals surface area contributed by atoms with Crippen LogP contribution in [0.15, 0.2) is 24.3 Å². The molecule has 0 aliphatic rings. The first-order valence-electron chi connectivity index (χ1n) is 7.23.